The van der Waals surface area contributed by atoms with Crippen molar-refractivity contribution in [3.05, 3.63) is 0 Å². The molecule has 0 aromatic rings. The largest absolute Gasteiger partial charge is 0.481 e. The predicted octanol–water partition coefficient (Wildman–Crippen LogP) is 1.12. The van der Waals surface area contributed by atoms with Crippen LogP contribution in [-0.2, 0) is 14.3 Å². The minimum absolute atomic E-state index is 0.258. The molecule has 1 N–H and O–H groups in total. The van der Waals surface area contributed by atoms with E-state index in [9.17, 15) is 9.59 Å². The predicted molar refractivity (Wildman–Crippen MR) is 62.6 cm³/mol. The van der Waals surface area contributed by atoms with Crippen molar-refractivity contribution >= 4 is 11.9 Å². The van der Waals surface area contributed by atoms with Gasteiger partial charge in [0.05, 0.1) is 12.5 Å². The van der Waals surface area contributed by atoms with Gasteiger partial charge in [-0.3, -0.25) is 14.5 Å². The summed E-state index contributed by atoms with van der Waals surface area (Å²) in [6.45, 7) is 4.50. The van der Waals surface area contributed by atoms with Crippen molar-refractivity contribution in [1.82, 2.24) is 4.90 Å². The van der Waals surface area contributed by atoms with E-state index in [4.69, 9.17) is 9.84 Å². The molecule has 1 aliphatic rings. The number of aliphatic carboxylic acids is 1. The summed E-state index contributed by atoms with van der Waals surface area (Å²) in [6.07, 6.45) is 2.75. The van der Waals surface area contributed by atoms with Crippen molar-refractivity contribution in [3.8, 4) is 0 Å². The Kier molecular flexibility index (Phi) is 4.51. The molecule has 17 heavy (non-hydrogen) atoms. The van der Waals surface area contributed by atoms with Gasteiger partial charge in [-0.2, -0.15) is 0 Å². The van der Waals surface area contributed by atoms with Crippen LogP contribution in [0, 0.1) is 5.41 Å². The second kappa shape index (κ2) is 5.49. The van der Waals surface area contributed by atoms with E-state index in [0.29, 0.717) is 6.54 Å². The summed E-state index contributed by atoms with van der Waals surface area (Å²) in [5, 5.41) is 9.11. The molecule has 1 aliphatic heterocycles. The van der Waals surface area contributed by atoms with Gasteiger partial charge >= 0.3 is 11.9 Å². The fraction of sp³-hybridized carbons (Fsp3) is 0.833. The molecule has 0 saturated carbocycles. The smallest absolute Gasteiger partial charge is 0.323 e. The normalized spacial score (nSPS) is 22.2. The first-order valence-electron chi connectivity index (χ1n) is 5.94. The van der Waals surface area contributed by atoms with E-state index in [1.165, 1.54) is 7.11 Å². The van der Waals surface area contributed by atoms with Crippen LogP contribution in [0.1, 0.15) is 33.1 Å². The van der Waals surface area contributed by atoms with Crippen LogP contribution < -0.4 is 0 Å². The molecule has 0 aliphatic carbocycles. The Bertz CT molecular complexity index is 301. The van der Waals surface area contributed by atoms with Crippen molar-refractivity contribution in [2.75, 3.05) is 20.2 Å². The van der Waals surface area contributed by atoms with Crippen LogP contribution in [-0.4, -0.2) is 48.2 Å². The molecule has 1 unspecified atom stereocenters. The molecular weight excluding hydrogens is 222 g/mol. The van der Waals surface area contributed by atoms with E-state index in [2.05, 4.69) is 0 Å². The number of carbonyl (C=O) groups is 2. The van der Waals surface area contributed by atoms with E-state index >= 15 is 0 Å². The van der Waals surface area contributed by atoms with E-state index in [-0.39, 0.29) is 12.0 Å². The third-order valence-electron chi connectivity index (χ3n) is 3.26. The van der Waals surface area contributed by atoms with Crippen molar-refractivity contribution in [2.45, 2.75) is 39.2 Å². The number of hydrogen-bond acceptors (Lipinski definition) is 4. The first-order chi connectivity index (χ1) is 7.88. The Hall–Kier alpha value is -1.10. The molecule has 1 rings (SSSR count). The van der Waals surface area contributed by atoms with Crippen LogP contribution in [0.15, 0.2) is 0 Å². The number of hydrogen-bond donors (Lipinski definition) is 1. The van der Waals surface area contributed by atoms with Crippen molar-refractivity contribution in [1.29, 1.82) is 0 Å². The number of ether oxygens (including phenoxy) is 1. The van der Waals surface area contributed by atoms with E-state index in [1.807, 2.05) is 4.90 Å². The van der Waals surface area contributed by atoms with E-state index in [0.717, 1.165) is 25.8 Å². The summed E-state index contributed by atoms with van der Waals surface area (Å²) in [6, 6.07) is -0.285. The number of carboxylic acids is 1. The number of methoxy groups -OCH3 is 1. The minimum atomic E-state index is -0.844. The molecule has 1 fully saturated rings. The quantitative estimate of drug-likeness (QED) is 0.750. The van der Waals surface area contributed by atoms with Gasteiger partial charge in [0.25, 0.3) is 0 Å². The number of piperidine rings is 1. The lowest BCUT2D eigenvalue weighted by Gasteiger charge is -2.37. The van der Waals surface area contributed by atoms with Gasteiger partial charge in [-0.1, -0.05) is 6.42 Å². The molecule has 5 nitrogen and oxygen atoms in total. The van der Waals surface area contributed by atoms with Gasteiger partial charge in [-0.05, 0) is 33.2 Å². The topological polar surface area (TPSA) is 66.8 Å². The Morgan fingerprint density at radius 1 is 1.41 bits per heavy atom. The monoisotopic (exact) mass is 243 g/mol. The summed E-state index contributed by atoms with van der Waals surface area (Å²) in [5.74, 6) is -1.10. The Balaban J connectivity index is 2.72. The molecule has 98 valence electrons. The zero-order chi connectivity index (χ0) is 13.1. The average Bonchev–Trinajstić information content (AvgIpc) is 2.28. The Morgan fingerprint density at radius 3 is 2.59 bits per heavy atom. The van der Waals surface area contributed by atoms with Gasteiger partial charge in [0.1, 0.15) is 6.04 Å². The first kappa shape index (κ1) is 14.0. The SMILES string of the molecule is COC(=O)C1CCCCN1CC(C)(C)C(=O)O. The fourth-order valence-electron chi connectivity index (χ4n) is 2.16. The van der Waals surface area contributed by atoms with Crippen molar-refractivity contribution in [2.24, 2.45) is 5.41 Å². The number of carboxylic acid groups (broad SMARTS) is 1. The van der Waals surface area contributed by atoms with Crippen LogP contribution >= 0.6 is 0 Å². The fourth-order valence-corrected chi connectivity index (χ4v) is 2.16. The lowest BCUT2D eigenvalue weighted by molar-refractivity contribution is -0.154. The average molecular weight is 243 g/mol. The highest BCUT2D eigenvalue weighted by Gasteiger charge is 2.36. The molecule has 1 atom stereocenters. The molecule has 0 aromatic carbocycles. The maximum Gasteiger partial charge on any atom is 0.323 e. The zero-order valence-corrected chi connectivity index (χ0v) is 10.7. The Labute approximate surface area is 102 Å². The summed E-state index contributed by atoms with van der Waals surface area (Å²) >= 11 is 0. The molecule has 0 radical (unpaired) electrons. The highest BCUT2D eigenvalue weighted by molar-refractivity contribution is 5.76. The van der Waals surface area contributed by atoms with Gasteiger partial charge in [-0.25, -0.2) is 0 Å². The molecular formula is C12H21NO4. The molecule has 0 aromatic heterocycles. The molecule has 5 heteroatoms. The van der Waals surface area contributed by atoms with Crippen LogP contribution in [0.2, 0.25) is 0 Å². The van der Waals surface area contributed by atoms with Gasteiger partial charge in [-0.15, -0.1) is 0 Å². The zero-order valence-electron chi connectivity index (χ0n) is 10.7. The number of rotatable bonds is 4. The minimum Gasteiger partial charge on any atom is -0.481 e. The third kappa shape index (κ3) is 3.43. The maximum atomic E-state index is 11.6. The summed E-state index contributed by atoms with van der Waals surface area (Å²) < 4.78 is 4.77. The van der Waals surface area contributed by atoms with Crippen LogP contribution in [0.5, 0.6) is 0 Å². The lowest BCUT2D eigenvalue weighted by atomic mass is 9.90. The van der Waals surface area contributed by atoms with Gasteiger partial charge in [0.15, 0.2) is 0 Å². The Morgan fingerprint density at radius 2 is 2.06 bits per heavy atom. The van der Waals surface area contributed by atoms with Crippen LogP contribution in [0.3, 0.4) is 0 Å². The maximum absolute atomic E-state index is 11.6. The summed E-state index contributed by atoms with van der Waals surface area (Å²) in [4.78, 5) is 24.7. The van der Waals surface area contributed by atoms with Crippen LogP contribution in [0.25, 0.3) is 0 Å². The number of likely N-dealkylation sites (tertiary alicyclic amines) is 1. The van der Waals surface area contributed by atoms with Crippen molar-refractivity contribution in [3.63, 3.8) is 0 Å². The van der Waals surface area contributed by atoms with Gasteiger partial charge in [0, 0.05) is 6.54 Å². The highest BCUT2D eigenvalue weighted by Crippen LogP contribution is 2.24. The molecule has 0 amide bonds. The third-order valence-corrected chi connectivity index (χ3v) is 3.26. The highest BCUT2D eigenvalue weighted by atomic mass is 16.5. The number of nitrogens with zero attached hydrogens (tertiary/aromatic N) is 1. The molecule has 0 spiro atoms. The van der Waals surface area contributed by atoms with E-state index < -0.39 is 11.4 Å². The van der Waals surface area contributed by atoms with E-state index in [1.54, 1.807) is 13.8 Å². The summed E-state index contributed by atoms with van der Waals surface area (Å²) in [7, 11) is 1.37. The van der Waals surface area contributed by atoms with Gasteiger partial charge < -0.3 is 9.84 Å². The van der Waals surface area contributed by atoms with Crippen LogP contribution in [0.4, 0.5) is 0 Å². The second-order valence-corrected chi connectivity index (χ2v) is 5.19. The first-order valence-corrected chi connectivity index (χ1v) is 5.94. The number of esters is 1. The standard InChI is InChI=1S/C12H21NO4/c1-12(2,11(15)16)8-13-7-5-4-6-9(13)10(14)17-3/h9H,4-8H2,1-3H3,(H,15,16). The van der Waals surface area contributed by atoms with Crippen molar-refractivity contribution < 1.29 is 19.4 Å². The number of carbonyl (C=O) groups excluding carboxylic acids is 1. The second-order valence-electron chi connectivity index (χ2n) is 5.19. The molecule has 1 saturated heterocycles. The summed E-state index contributed by atoms with van der Waals surface area (Å²) in [5.41, 5.74) is -0.844. The molecule has 0 bridgehead atoms. The van der Waals surface area contributed by atoms with Gasteiger partial charge in [0.2, 0.25) is 0 Å². The molecule has 1 heterocycles. The lowest BCUT2D eigenvalue weighted by Crippen LogP contribution is -2.50.